The Bertz CT molecular complexity index is 521. The Hall–Kier alpha value is -1.95. The number of nitro groups is 1. The monoisotopic (exact) mass is 351 g/mol. The van der Waals surface area contributed by atoms with Gasteiger partial charge in [-0.1, -0.05) is 26.7 Å². The molecule has 0 bridgehead atoms. The van der Waals surface area contributed by atoms with Crippen molar-refractivity contribution in [1.82, 2.24) is 0 Å². The second-order valence-corrected chi connectivity index (χ2v) is 6.81. The van der Waals surface area contributed by atoms with Crippen molar-refractivity contribution in [3.63, 3.8) is 0 Å². The standard InChI is InChI=1S/C12H24O.C7H5NO4/c1-4-5-8-12(2)9-6-11(13-3)7-10-12;9-5-12-7-3-1-6(2-4-7)8(10)11/h11H,4-10H2,1-3H3;1-5H. The summed E-state index contributed by atoms with van der Waals surface area (Å²) in [7, 11) is 1.85. The van der Waals surface area contributed by atoms with Crippen molar-refractivity contribution in [3.05, 3.63) is 34.4 Å². The molecule has 6 heteroatoms. The first-order chi connectivity index (χ1) is 11.9. The number of carbonyl (C=O) groups excluding carboxylic acids is 1. The highest BCUT2D eigenvalue weighted by molar-refractivity contribution is 5.46. The minimum Gasteiger partial charge on any atom is -0.429 e. The van der Waals surface area contributed by atoms with E-state index in [1.165, 1.54) is 69.2 Å². The fraction of sp³-hybridized carbons (Fsp3) is 0.632. The second-order valence-electron chi connectivity index (χ2n) is 6.81. The topological polar surface area (TPSA) is 78.7 Å². The first-order valence-corrected chi connectivity index (χ1v) is 8.81. The normalized spacial score (nSPS) is 22.4. The number of ether oxygens (including phenoxy) is 2. The minimum absolute atomic E-state index is 0.0340. The van der Waals surface area contributed by atoms with Crippen LogP contribution in [-0.2, 0) is 9.53 Å². The third kappa shape index (κ3) is 7.65. The van der Waals surface area contributed by atoms with Crippen LogP contribution in [0.1, 0.15) is 58.8 Å². The molecule has 1 aromatic carbocycles. The van der Waals surface area contributed by atoms with Gasteiger partial charge in [-0.25, -0.2) is 0 Å². The van der Waals surface area contributed by atoms with Crippen molar-refractivity contribution >= 4 is 12.2 Å². The van der Waals surface area contributed by atoms with Crippen molar-refractivity contribution < 1.29 is 19.2 Å². The van der Waals surface area contributed by atoms with Crippen LogP contribution in [0.15, 0.2) is 24.3 Å². The lowest BCUT2D eigenvalue weighted by Gasteiger charge is -2.37. The summed E-state index contributed by atoms with van der Waals surface area (Å²) < 4.78 is 9.83. The number of benzene rings is 1. The van der Waals surface area contributed by atoms with Crippen LogP contribution in [0.25, 0.3) is 0 Å². The fourth-order valence-corrected chi connectivity index (χ4v) is 3.08. The molecule has 6 nitrogen and oxygen atoms in total. The van der Waals surface area contributed by atoms with Crippen molar-refractivity contribution in [2.24, 2.45) is 5.41 Å². The van der Waals surface area contributed by atoms with Crippen molar-refractivity contribution in [2.75, 3.05) is 7.11 Å². The third-order valence-electron chi connectivity index (χ3n) is 4.84. The maximum absolute atomic E-state index is 10.2. The highest BCUT2D eigenvalue weighted by Crippen LogP contribution is 2.40. The molecule has 0 radical (unpaired) electrons. The quantitative estimate of drug-likeness (QED) is 0.396. The van der Waals surface area contributed by atoms with Crippen molar-refractivity contribution in [3.8, 4) is 5.75 Å². The summed E-state index contributed by atoms with van der Waals surface area (Å²) in [5.74, 6) is 0.288. The molecule has 1 saturated carbocycles. The molecular weight excluding hydrogens is 322 g/mol. The molecule has 1 aliphatic rings. The molecule has 0 atom stereocenters. The lowest BCUT2D eigenvalue weighted by Crippen LogP contribution is -2.28. The van der Waals surface area contributed by atoms with Gasteiger partial charge >= 0.3 is 0 Å². The summed E-state index contributed by atoms with van der Waals surface area (Å²) in [5, 5.41) is 10.2. The van der Waals surface area contributed by atoms with Crippen LogP contribution < -0.4 is 4.74 Å². The molecule has 140 valence electrons. The molecule has 0 spiro atoms. The first kappa shape index (κ1) is 21.1. The van der Waals surface area contributed by atoms with Crippen molar-refractivity contribution in [2.45, 2.75) is 64.9 Å². The minimum atomic E-state index is -0.523. The average molecular weight is 351 g/mol. The Morgan fingerprint density at radius 3 is 2.32 bits per heavy atom. The van der Waals surface area contributed by atoms with Crippen LogP contribution in [0.2, 0.25) is 0 Å². The summed E-state index contributed by atoms with van der Waals surface area (Å²) in [6, 6.07) is 5.23. The predicted molar refractivity (Wildman–Crippen MR) is 96.7 cm³/mol. The number of hydrogen-bond donors (Lipinski definition) is 0. The molecule has 0 saturated heterocycles. The van der Waals surface area contributed by atoms with E-state index in [2.05, 4.69) is 18.6 Å². The zero-order chi connectivity index (χ0) is 18.7. The third-order valence-corrected chi connectivity index (χ3v) is 4.84. The van der Waals surface area contributed by atoms with Gasteiger partial charge in [0.1, 0.15) is 5.75 Å². The number of unbranched alkanes of at least 4 members (excludes halogenated alkanes) is 1. The van der Waals surface area contributed by atoms with Crippen LogP contribution in [0.5, 0.6) is 5.75 Å². The molecule has 0 amide bonds. The Morgan fingerprint density at radius 2 is 1.88 bits per heavy atom. The number of nitro benzene ring substituents is 1. The highest BCUT2D eigenvalue weighted by atomic mass is 16.6. The van der Waals surface area contributed by atoms with E-state index < -0.39 is 4.92 Å². The van der Waals surface area contributed by atoms with Crippen LogP contribution in [0.3, 0.4) is 0 Å². The first-order valence-electron chi connectivity index (χ1n) is 8.81. The highest BCUT2D eigenvalue weighted by Gasteiger charge is 2.30. The Balaban J connectivity index is 0.000000251. The molecule has 0 N–H and O–H groups in total. The fourth-order valence-electron chi connectivity index (χ4n) is 3.08. The lowest BCUT2D eigenvalue weighted by molar-refractivity contribution is -0.384. The average Bonchev–Trinajstić information content (AvgIpc) is 2.62. The number of nitrogens with zero attached hydrogens (tertiary/aromatic N) is 1. The maximum atomic E-state index is 10.2. The van der Waals surface area contributed by atoms with Gasteiger partial charge < -0.3 is 9.47 Å². The van der Waals surface area contributed by atoms with Gasteiger partial charge in [0.2, 0.25) is 0 Å². The smallest absolute Gasteiger partial charge is 0.298 e. The Kier molecular flexibility index (Phi) is 9.13. The second kappa shape index (κ2) is 10.8. The molecule has 25 heavy (non-hydrogen) atoms. The van der Waals surface area contributed by atoms with Gasteiger partial charge in [0, 0.05) is 19.2 Å². The summed E-state index contributed by atoms with van der Waals surface area (Å²) >= 11 is 0. The zero-order valence-corrected chi connectivity index (χ0v) is 15.4. The molecule has 0 aliphatic heterocycles. The molecule has 0 unspecified atom stereocenters. The van der Waals surface area contributed by atoms with E-state index >= 15 is 0 Å². The largest absolute Gasteiger partial charge is 0.429 e. The van der Waals surface area contributed by atoms with E-state index in [0.717, 1.165) is 0 Å². The van der Waals surface area contributed by atoms with E-state index in [9.17, 15) is 14.9 Å². The van der Waals surface area contributed by atoms with Gasteiger partial charge in [-0.3, -0.25) is 14.9 Å². The number of carbonyl (C=O) groups is 1. The van der Waals surface area contributed by atoms with Gasteiger partial charge in [0.05, 0.1) is 11.0 Å². The molecule has 1 aliphatic carbocycles. The van der Waals surface area contributed by atoms with Gasteiger partial charge in [0.25, 0.3) is 12.2 Å². The van der Waals surface area contributed by atoms with Gasteiger partial charge in [-0.2, -0.15) is 0 Å². The molecule has 0 aromatic heterocycles. The van der Waals surface area contributed by atoms with E-state index in [1.807, 2.05) is 7.11 Å². The number of rotatable bonds is 7. The summed E-state index contributed by atoms with van der Waals surface area (Å²) in [6.45, 7) is 5.00. The maximum Gasteiger partial charge on any atom is 0.298 e. The predicted octanol–water partition coefficient (Wildman–Crippen LogP) is 4.90. The van der Waals surface area contributed by atoms with E-state index in [1.54, 1.807) is 0 Å². The van der Waals surface area contributed by atoms with E-state index in [4.69, 9.17) is 4.74 Å². The number of hydrogen-bond acceptors (Lipinski definition) is 5. The molecular formula is C19H29NO5. The number of methoxy groups -OCH3 is 1. The van der Waals surface area contributed by atoms with E-state index in [-0.39, 0.29) is 17.9 Å². The summed E-state index contributed by atoms with van der Waals surface area (Å²) in [4.78, 5) is 19.5. The number of non-ortho nitro benzene ring substituents is 1. The van der Waals surface area contributed by atoms with Crippen LogP contribution in [0.4, 0.5) is 5.69 Å². The SMILES string of the molecule is CCCCC1(C)CCC(OC)CC1.O=COc1ccc([N+](=O)[O-])cc1. The van der Waals surface area contributed by atoms with Gasteiger partial charge in [-0.05, 0) is 49.7 Å². The Labute approximate surface area is 149 Å². The van der Waals surface area contributed by atoms with Gasteiger partial charge in [-0.15, -0.1) is 0 Å². The molecule has 1 fully saturated rings. The summed E-state index contributed by atoms with van der Waals surface area (Å²) in [5.41, 5.74) is 0.596. The van der Waals surface area contributed by atoms with Crippen molar-refractivity contribution in [1.29, 1.82) is 0 Å². The lowest BCUT2D eigenvalue weighted by atomic mass is 9.72. The van der Waals surface area contributed by atoms with E-state index in [0.29, 0.717) is 11.5 Å². The zero-order valence-electron chi connectivity index (χ0n) is 15.4. The Morgan fingerprint density at radius 1 is 1.28 bits per heavy atom. The molecule has 1 aromatic rings. The van der Waals surface area contributed by atoms with Crippen LogP contribution >= 0.6 is 0 Å². The van der Waals surface area contributed by atoms with Crippen LogP contribution in [-0.4, -0.2) is 24.6 Å². The molecule has 2 rings (SSSR count). The molecule has 0 heterocycles. The summed E-state index contributed by atoms with van der Waals surface area (Å²) in [6.07, 6.45) is 9.98. The van der Waals surface area contributed by atoms with Crippen LogP contribution in [0, 0.1) is 15.5 Å². The van der Waals surface area contributed by atoms with Gasteiger partial charge in [0.15, 0.2) is 0 Å².